The minimum absolute atomic E-state index is 0.0709. The smallest absolute Gasteiger partial charge is 0.404 e. The molecule has 0 bridgehead atoms. The van der Waals surface area contributed by atoms with Gasteiger partial charge in [0.15, 0.2) is 0 Å². The largest absolute Gasteiger partial charge is 0.527 e. The van der Waals surface area contributed by atoms with E-state index in [9.17, 15) is 9.46 Å². The first-order valence-corrected chi connectivity index (χ1v) is 10.5. The summed E-state index contributed by atoms with van der Waals surface area (Å²) in [7, 11) is -4.06. The molecule has 6 heteroatoms. The quantitative estimate of drug-likeness (QED) is 0.310. The van der Waals surface area contributed by atoms with E-state index in [1.54, 1.807) is 12.1 Å². The van der Waals surface area contributed by atoms with Crippen LogP contribution >= 0.6 is 7.82 Å². The Balaban J connectivity index is 1.63. The predicted octanol–water partition coefficient (Wildman–Crippen LogP) is 4.87. The van der Waals surface area contributed by atoms with E-state index in [0.717, 1.165) is 6.42 Å². The molecule has 1 aliphatic rings. The lowest BCUT2D eigenvalue weighted by molar-refractivity contribution is 0.185. The van der Waals surface area contributed by atoms with Crippen LogP contribution in [0.15, 0.2) is 24.3 Å². The summed E-state index contributed by atoms with van der Waals surface area (Å²) in [5.41, 5.74) is 1.22. The summed E-state index contributed by atoms with van der Waals surface area (Å²) >= 11 is 0. The summed E-state index contributed by atoms with van der Waals surface area (Å²) in [5.74, 6) is 0.348. The lowest BCUT2D eigenvalue weighted by Crippen LogP contribution is -2.03. The van der Waals surface area contributed by atoms with E-state index in [-0.39, 0.29) is 12.7 Å². The molecule has 2 rings (SSSR count). The van der Waals surface area contributed by atoms with Gasteiger partial charge in [-0.25, -0.2) is 4.57 Å². The number of aryl methyl sites for hydroxylation is 1. The van der Waals surface area contributed by atoms with Crippen LogP contribution in [0.3, 0.4) is 0 Å². The number of rotatable bonds is 13. The van der Waals surface area contributed by atoms with Crippen LogP contribution in [0.2, 0.25) is 0 Å². The molecule has 1 aromatic carbocycles. The molecule has 0 saturated carbocycles. The van der Waals surface area contributed by atoms with E-state index in [0.29, 0.717) is 12.4 Å². The summed E-state index contributed by atoms with van der Waals surface area (Å²) in [5, 5.41) is 0. The van der Waals surface area contributed by atoms with Crippen LogP contribution in [0.5, 0.6) is 5.75 Å². The van der Waals surface area contributed by atoms with Crippen LogP contribution in [-0.2, 0) is 20.2 Å². The monoisotopic (exact) mass is 356 g/mol. The van der Waals surface area contributed by atoms with Gasteiger partial charge in [-0.3, -0.25) is 9.42 Å². The van der Waals surface area contributed by atoms with Gasteiger partial charge in [0.05, 0.1) is 13.2 Å². The van der Waals surface area contributed by atoms with Crippen LogP contribution in [0.4, 0.5) is 0 Å². The summed E-state index contributed by atoms with van der Waals surface area (Å²) in [4.78, 5) is 9.63. The number of benzene rings is 1. The fourth-order valence-corrected chi connectivity index (χ4v) is 3.30. The fourth-order valence-electron chi connectivity index (χ4n) is 2.50. The highest BCUT2D eigenvalue weighted by atomic mass is 31.2. The summed E-state index contributed by atoms with van der Waals surface area (Å²) in [6, 6.07) is 7.32. The third-order valence-corrected chi connectivity index (χ3v) is 4.96. The molecule has 0 amide bonds. The predicted molar refractivity (Wildman–Crippen MR) is 94.3 cm³/mol. The maximum atomic E-state index is 11.8. The van der Waals surface area contributed by atoms with E-state index in [4.69, 9.17) is 13.8 Å². The number of phosphoric ester groups is 1. The lowest BCUT2D eigenvalue weighted by Gasteiger charge is -2.12. The van der Waals surface area contributed by atoms with Gasteiger partial charge in [-0.05, 0) is 30.5 Å². The van der Waals surface area contributed by atoms with Gasteiger partial charge in [0.2, 0.25) is 0 Å². The van der Waals surface area contributed by atoms with E-state index in [1.807, 2.05) is 12.1 Å². The third-order valence-electron chi connectivity index (χ3n) is 4.04. The molecule has 2 unspecified atom stereocenters. The first-order valence-electron chi connectivity index (χ1n) is 8.96. The topological polar surface area (TPSA) is 68.3 Å². The van der Waals surface area contributed by atoms with Gasteiger partial charge in [0.25, 0.3) is 0 Å². The van der Waals surface area contributed by atoms with E-state index < -0.39 is 7.82 Å². The van der Waals surface area contributed by atoms with Crippen molar-refractivity contribution in [2.75, 3.05) is 13.2 Å². The van der Waals surface area contributed by atoms with Crippen molar-refractivity contribution in [2.45, 2.75) is 64.4 Å². The highest BCUT2D eigenvalue weighted by Crippen LogP contribution is 2.44. The van der Waals surface area contributed by atoms with Crippen molar-refractivity contribution >= 4 is 7.82 Å². The van der Waals surface area contributed by atoms with Crippen LogP contribution in [-0.4, -0.2) is 24.2 Å². The third kappa shape index (κ3) is 8.29. The summed E-state index contributed by atoms with van der Waals surface area (Å²) in [6.07, 6.45) is 10.00. The molecule has 24 heavy (non-hydrogen) atoms. The number of hydrogen-bond acceptors (Lipinski definition) is 4. The van der Waals surface area contributed by atoms with Crippen molar-refractivity contribution in [3.05, 3.63) is 29.8 Å². The van der Waals surface area contributed by atoms with Gasteiger partial charge < -0.3 is 9.26 Å². The molecule has 0 aromatic heterocycles. The van der Waals surface area contributed by atoms with E-state index in [2.05, 4.69) is 6.92 Å². The SMILES string of the molecule is CCCCCCCCCc1ccc(OP(=O)(O)OCC2CO2)cc1. The van der Waals surface area contributed by atoms with Crippen molar-refractivity contribution in [2.24, 2.45) is 0 Å². The number of unbranched alkanes of at least 4 members (excludes halogenated alkanes) is 6. The first kappa shape index (κ1) is 19.5. The van der Waals surface area contributed by atoms with Crippen LogP contribution in [0.25, 0.3) is 0 Å². The summed E-state index contributed by atoms with van der Waals surface area (Å²) < 4.78 is 26.6. The number of ether oxygens (including phenoxy) is 1. The Kier molecular flexibility index (Phi) is 8.26. The van der Waals surface area contributed by atoms with Gasteiger partial charge in [0.1, 0.15) is 11.9 Å². The zero-order valence-corrected chi connectivity index (χ0v) is 15.4. The number of hydrogen-bond donors (Lipinski definition) is 1. The van der Waals surface area contributed by atoms with Crippen molar-refractivity contribution in [3.8, 4) is 5.75 Å². The minimum atomic E-state index is -4.06. The standard InChI is InChI=1S/C18H29O5P/c1-2-3-4-5-6-7-8-9-16-10-12-17(13-11-16)23-24(19,20)22-15-18-14-21-18/h10-13,18H,2-9,14-15H2,1H3,(H,19,20). The molecule has 1 heterocycles. The highest BCUT2D eigenvalue weighted by Gasteiger charge is 2.30. The molecule has 1 aliphatic heterocycles. The van der Waals surface area contributed by atoms with Crippen molar-refractivity contribution in [3.63, 3.8) is 0 Å². The van der Waals surface area contributed by atoms with Crippen LogP contribution in [0, 0.1) is 0 Å². The Morgan fingerprint density at radius 1 is 1.12 bits per heavy atom. The second kappa shape index (κ2) is 10.2. The maximum Gasteiger partial charge on any atom is 0.527 e. The van der Waals surface area contributed by atoms with Crippen molar-refractivity contribution in [1.82, 2.24) is 0 Å². The van der Waals surface area contributed by atoms with Crippen molar-refractivity contribution in [1.29, 1.82) is 0 Å². The van der Waals surface area contributed by atoms with Gasteiger partial charge in [0, 0.05) is 0 Å². The molecular formula is C18H29O5P. The Labute approximate surface area is 144 Å². The molecule has 5 nitrogen and oxygen atoms in total. The second-order valence-electron chi connectivity index (χ2n) is 6.33. The Morgan fingerprint density at radius 2 is 1.75 bits per heavy atom. The van der Waals surface area contributed by atoms with Crippen LogP contribution < -0.4 is 4.52 Å². The average Bonchev–Trinajstić information content (AvgIpc) is 3.38. The minimum Gasteiger partial charge on any atom is -0.404 e. The molecule has 1 N–H and O–H groups in total. The van der Waals surface area contributed by atoms with Crippen molar-refractivity contribution < 1.29 is 23.2 Å². The normalized spacial score (nSPS) is 19.0. The van der Waals surface area contributed by atoms with Gasteiger partial charge in [-0.2, -0.15) is 0 Å². The maximum absolute atomic E-state index is 11.8. The average molecular weight is 356 g/mol. The molecule has 1 saturated heterocycles. The number of phosphoric acid groups is 1. The molecule has 1 fully saturated rings. The molecule has 2 atom stereocenters. The Hall–Kier alpha value is -0.870. The van der Waals surface area contributed by atoms with Gasteiger partial charge in [-0.1, -0.05) is 57.6 Å². The Bertz CT molecular complexity index is 513. The number of epoxide rings is 1. The van der Waals surface area contributed by atoms with Gasteiger partial charge >= 0.3 is 7.82 Å². The highest BCUT2D eigenvalue weighted by molar-refractivity contribution is 7.47. The zero-order valence-electron chi connectivity index (χ0n) is 14.5. The molecule has 0 spiro atoms. The Morgan fingerprint density at radius 3 is 2.38 bits per heavy atom. The fraction of sp³-hybridized carbons (Fsp3) is 0.667. The lowest BCUT2D eigenvalue weighted by atomic mass is 10.0. The second-order valence-corrected chi connectivity index (χ2v) is 7.70. The molecule has 0 radical (unpaired) electrons. The summed E-state index contributed by atoms with van der Waals surface area (Å²) in [6.45, 7) is 2.90. The zero-order chi connectivity index (χ0) is 17.3. The van der Waals surface area contributed by atoms with Crippen LogP contribution in [0.1, 0.15) is 57.4 Å². The molecule has 0 aliphatic carbocycles. The molecule has 1 aromatic rings. The van der Waals surface area contributed by atoms with Gasteiger partial charge in [-0.15, -0.1) is 0 Å². The van der Waals surface area contributed by atoms with E-state index >= 15 is 0 Å². The first-order chi connectivity index (χ1) is 11.6. The van der Waals surface area contributed by atoms with E-state index in [1.165, 1.54) is 50.5 Å². The molecular weight excluding hydrogens is 327 g/mol. The molecule has 136 valence electrons.